The van der Waals surface area contributed by atoms with Gasteiger partial charge in [0.25, 0.3) is 0 Å². The highest BCUT2D eigenvalue weighted by molar-refractivity contribution is 5.71. The van der Waals surface area contributed by atoms with E-state index < -0.39 is 6.10 Å². The van der Waals surface area contributed by atoms with Gasteiger partial charge < -0.3 is 14.2 Å². The number of esters is 3. The van der Waals surface area contributed by atoms with Crippen molar-refractivity contribution in [3.8, 4) is 0 Å². The molecular weight excluding hydrogens is 781 g/mol. The third-order valence-electron chi connectivity index (χ3n) is 11.9. The van der Waals surface area contributed by atoms with E-state index in [4.69, 9.17) is 14.2 Å². The SMILES string of the molecule is CCCC/C=C\C=C/CCCCCC(=O)OCC(COC(=O)CCCCCCCCCCCCCCCCCCCCC)OC(=O)CCCCCCCC/C=C\C=C/CCCCC. The second-order valence-corrected chi connectivity index (χ2v) is 18.2. The molecule has 1 unspecified atom stereocenters. The molecule has 0 amide bonds. The number of hydrogen-bond acceptors (Lipinski definition) is 6. The van der Waals surface area contributed by atoms with Crippen LogP contribution in [0.15, 0.2) is 48.6 Å². The fourth-order valence-corrected chi connectivity index (χ4v) is 7.71. The van der Waals surface area contributed by atoms with E-state index >= 15 is 0 Å². The predicted octanol–water partition coefficient (Wildman–Crippen LogP) is 17.9. The monoisotopic (exact) mass is 883 g/mol. The number of ether oxygens (including phenoxy) is 3. The van der Waals surface area contributed by atoms with Crippen LogP contribution in [-0.4, -0.2) is 37.2 Å². The molecule has 0 aromatic rings. The molecule has 6 heteroatoms. The molecule has 0 radical (unpaired) electrons. The van der Waals surface area contributed by atoms with Gasteiger partial charge in [-0.05, 0) is 64.2 Å². The summed E-state index contributed by atoms with van der Waals surface area (Å²) in [7, 11) is 0. The van der Waals surface area contributed by atoms with Gasteiger partial charge in [-0.2, -0.15) is 0 Å². The van der Waals surface area contributed by atoms with Gasteiger partial charge in [0.2, 0.25) is 0 Å². The van der Waals surface area contributed by atoms with Crippen molar-refractivity contribution in [2.75, 3.05) is 13.2 Å². The fraction of sp³-hybridized carbons (Fsp3) is 0.807. The van der Waals surface area contributed by atoms with Crippen LogP contribution in [0.5, 0.6) is 0 Å². The molecule has 0 rings (SSSR count). The molecular formula is C57H102O6. The Labute approximate surface area is 390 Å². The van der Waals surface area contributed by atoms with E-state index in [0.29, 0.717) is 19.3 Å². The van der Waals surface area contributed by atoms with Gasteiger partial charge in [0, 0.05) is 19.3 Å². The third kappa shape index (κ3) is 50.2. The highest BCUT2D eigenvalue weighted by atomic mass is 16.6. The van der Waals surface area contributed by atoms with Gasteiger partial charge in [0.1, 0.15) is 13.2 Å². The van der Waals surface area contributed by atoms with Crippen LogP contribution in [-0.2, 0) is 28.6 Å². The zero-order valence-corrected chi connectivity index (χ0v) is 41.8. The van der Waals surface area contributed by atoms with Crippen molar-refractivity contribution >= 4 is 17.9 Å². The number of unbranched alkanes of at least 4 members (excludes halogenated alkanes) is 32. The lowest BCUT2D eigenvalue weighted by Gasteiger charge is -2.18. The Morgan fingerprint density at radius 2 is 0.571 bits per heavy atom. The third-order valence-corrected chi connectivity index (χ3v) is 11.9. The first-order valence-electron chi connectivity index (χ1n) is 27.2. The summed E-state index contributed by atoms with van der Waals surface area (Å²) < 4.78 is 16.8. The number of rotatable bonds is 49. The normalized spacial score (nSPS) is 12.4. The van der Waals surface area contributed by atoms with E-state index in [1.54, 1.807) is 0 Å². The minimum absolute atomic E-state index is 0.0840. The van der Waals surface area contributed by atoms with Gasteiger partial charge in [-0.25, -0.2) is 0 Å². The smallest absolute Gasteiger partial charge is 0.306 e. The average molecular weight is 883 g/mol. The number of carbonyl (C=O) groups excluding carboxylic acids is 3. The Bertz CT molecular complexity index is 1110. The van der Waals surface area contributed by atoms with E-state index in [0.717, 1.165) is 83.5 Å². The second-order valence-electron chi connectivity index (χ2n) is 18.2. The van der Waals surface area contributed by atoms with Crippen LogP contribution in [0.4, 0.5) is 0 Å². The summed E-state index contributed by atoms with van der Waals surface area (Å²) in [5.74, 6) is -0.915. The Morgan fingerprint density at radius 1 is 0.317 bits per heavy atom. The standard InChI is InChI=1S/C57H102O6/c1-4-7-10-13-16-19-22-24-26-27-28-29-31-32-35-38-41-44-47-50-56(59)62-53-54(52-61-55(58)49-46-43-40-37-34-21-18-15-12-9-6-3)63-57(60)51-48-45-42-39-36-33-30-25-23-20-17-14-11-8-5-2/h15,17-18,20-21,23,25,34,54H,4-14,16,19,22,24,26-33,35-53H2,1-3H3/b18-15-,20-17-,25-23-,34-21-. The Hall–Kier alpha value is -2.63. The highest BCUT2D eigenvalue weighted by Gasteiger charge is 2.19. The lowest BCUT2D eigenvalue weighted by atomic mass is 10.0. The van der Waals surface area contributed by atoms with Crippen molar-refractivity contribution in [2.45, 2.75) is 284 Å². The minimum atomic E-state index is -0.787. The van der Waals surface area contributed by atoms with Crippen molar-refractivity contribution in [1.82, 2.24) is 0 Å². The molecule has 0 heterocycles. The number of hydrogen-bond donors (Lipinski definition) is 0. The van der Waals surface area contributed by atoms with Gasteiger partial charge >= 0.3 is 17.9 Å². The summed E-state index contributed by atoms with van der Waals surface area (Å²) >= 11 is 0. The maximum absolute atomic E-state index is 12.8. The molecule has 0 saturated carbocycles. The molecule has 63 heavy (non-hydrogen) atoms. The van der Waals surface area contributed by atoms with Crippen molar-refractivity contribution < 1.29 is 28.6 Å². The maximum atomic E-state index is 12.8. The fourth-order valence-electron chi connectivity index (χ4n) is 7.71. The van der Waals surface area contributed by atoms with Crippen molar-refractivity contribution in [1.29, 1.82) is 0 Å². The lowest BCUT2D eigenvalue weighted by molar-refractivity contribution is -0.167. The van der Waals surface area contributed by atoms with E-state index in [-0.39, 0.29) is 31.1 Å². The molecule has 0 aliphatic heterocycles. The molecule has 6 nitrogen and oxygen atoms in total. The highest BCUT2D eigenvalue weighted by Crippen LogP contribution is 2.16. The van der Waals surface area contributed by atoms with Gasteiger partial charge in [-0.1, -0.05) is 243 Å². The first-order chi connectivity index (χ1) is 31.0. The van der Waals surface area contributed by atoms with E-state index in [1.165, 1.54) is 154 Å². The summed E-state index contributed by atoms with van der Waals surface area (Å²) in [5.41, 5.74) is 0. The molecule has 0 aliphatic carbocycles. The van der Waals surface area contributed by atoms with E-state index in [1.807, 2.05) is 0 Å². The number of carbonyl (C=O) groups is 3. The average Bonchev–Trinajstić information content (AvgIpc) is 3.28. The van der Waals surface area contributed by atoms with E-state index in [9.17, 15) is 14.4 Å². The summed E-state index contributed by atoms with van der Waals surface area (Å²) in [6, 6.07) is 0. The van der Waals surface area contributed by atoms with Crippen LogP contribution >= 0.6 is 0 Å². The molecule has 0 aromatic carbocycles. The predicted molar refractivity (Wildman–Crippen MR) is 270 cm³/mol. The van der Waals surface area contributed by atoms with Crippen molar-refractivity contribution in [3.05, 3.63) is 48.6 Å². The topological polar surface area (TPSA) is 78.9 Å². The molecule has 0 aliphatic rings. The largest absolute Gasteiger partial charge is 0.462 e. The summed E-state index contributed by atoms with van der Waals surface area (Å²) in [6.45, 7) is 6.55. The van der Waals surface area contributed by atoms with Crippen LogP contribution < -0.4 is 0 Å². The summed E-state index contributed by atoms with van der Waals surface area (Å²) in [5, 5.41) is 0. The first kappa shape index (κ1) is 60.4. The lowest BCUT2D eigenvalue weighted by Crippen LogP contribution is -2.30. The van der Waals surface area contributed by atoms with Crippen LogP contribution in [0.1, 0.15) is 278 Å². The molecule has 1 atom stereocenters. The van der Waals surface area contributed by atoms with E-state index in [2.05, 4.69) is 69.4 Å². The van der Waals surface area contributed by atoms with Gasteiger partial charge in [0.05, 0.1) is 0 Å². The summed E-state index contributed by atoms with van der Waals surface area (Å²) in [6.07, 6.45) is 62.4. The molecule has 0 saturated heterocycles. The van der Waals surface area contributed by atoms with Crippen LogP contribution in [0, 0.1) is 0 Å². The zero-order chi connectivity index (χ0) is 45.8. The minimum Gasteiger partial charge on any atom is -0.462 e. The first-order valence-corrected chi connectivity index (χ1v) is 27.2. The quantitative estimate of drug-likeness (QED) is 0.0262. The number of allylic oxidation sites excluding steroid dienone is 8. The molecule has 366 valence electrons. The molecule has 0 N–H and O–H groups in total. The Balaban J connectivity index is 4.33. The zero-order valence-electron chi connectivity index (χ0n) is 41.8. The molecule has 0 aromatic heterocycles. The van der Waals surface area contributed by atoms with Crippen molar-refractivity contribution in [2.24, 2.45) is 0 Å². The van der Waals surface area contributed by atoms with Gasteiger partial charge in [-0.15, -0.1) is 0 Å². The van der Waals surface area contributed by atoms with Crippen LogP contribution in [0.3, 0.4) is 0 Å². The Morgan fingerprint density at radius 3 is 0.937 bits per heavy atom. The van der Waals surface area contributed by atoms with Crippen molar-refractivity contribution in [3.63, 3.8) is 0 Å². The Kier molecular flexibility index (Phi) is 49.8. The van der Waals surface area contributed by atoms with Crippen LogP contribution in [0.25, 0.3) is 0 Å². The maximum Gasteiger partial charge on any atom is 0.306 e. The van der Waals surface area contributed by atoms with Gasteiger partial charge in [0.15, 0.2) is 6.10 Å². The molecule has 0 bridgehead atoms. The molecule has 0 spiro atoms. The molecule has 0 fully saturated rings. The van der Waals surface area contributed by atoms with Gasteiger partial charge in [-0.3, -0.25) is 14.4 Å². The second kappa shape index (κ2) is 52.0. The van der Waals surface area contributed by atoms with Crippen LogP contribution in [0.2, 0.25) is 0 Å². The summed E-state index contributed by atoms with van der Waals surface area (Å²) in [4.78, 5) is 38.0.